The maximum absolute atomic E-state index is 12.7. The van der Waals surface area contributed by atoms with Crippen molar-refractivity contribution in [3.63, 3.8) is 0 Å². The van der Waals surface area contributed by atoms with E-state index in [2.05, 4.69) is 0 Å². The summed E-state index contributed by atoms with van der Waals surface area (Å²) in [6, 6.07) is 0. The molecule has 1 unspecified atom stereocenters. The van der Waals surface area contributed by atoms with Gasteiger partial charge in [-0.2, -0.15) is 26.3 Å². The average Bonchev–Trinajstić information content (AvgIpc) is 2.34. The predicted octanol–water partition coefficient (Wildman–Crippen LogP) is 2.14. The summed E-state index contributed by atoms with van der Waals surface area (Å²) >= 11 is 0. The van der Waals surface area contributed by atoms with Gasteiger partial charge in [-0.05, 0) is 12.8 Å². The smallest absolute Gasteiger partial charge is 0.301 e. The molecule has 0 saturated heterocycles. The first-order valence-corrected chi connectivity index (χ1v) is 8.82. The molecule has 0 fully saturated rings. The highest BCUT2D eigenvalue weighted by molar-refractivity contribution is 8.04. The van der Waals surface area contributed by atoms with Crippen LogP contribution in [0.3, 0.4) is 0 Å². The zero-order chi connectivity index (χ0) is 18.9. The Hall–Kier alpha value is -0.890. The number of nitrogens with zero attached hydrogens (tertiary/aromatic N) is 1. The monoisotopic (exact) mass is 393 g/mol. The van der Waals surface area contributed by atoms with Gasteiger partial charge in [0, 0.05) is 0 Å². The molecule has 0 N–H and O–H groups in total. The number of aldehydes is 1. The Morgan fingerprint density at radius 2 is 1.22 bits per heavy atom. The van der Waals surface area contributed by atoms with Crippen molar-refractivity contribution in [1.29, 1.82) is 0 Å². The number of carbonyl (C=O) groups is 1. The van der Waals surface area contributed by atoms with Crippen molar-refractivity contribution in [3.8, 4) is 0 Å². The highest BCUT2D eigenvalue weighted by atomic mass is 32.3. The second-order valence-electron chi connectivity index (χ2n) is 4.42. The van der Waals surface area contributed by atoms with Crippen LogP contribution in [0.25, 0.3) is 0 Å². The Morgan fingerprint density at radius 3 is 1.39 bits per heavy atom. The fraction of sp³-hybridized carbons (Fsp3) is 0.889. The van der Waals surface area contributed by atoms with Crippen molar-refractivity contribution in [2.45, 2.75) is 49.7 Å². The van der Waals surface area contributed by atoms with Gasteiger partial charge in [-0.15, -0.1) is 0 Å². The van der Waals surface area contributed by atoms with Gasteiger partial charge < -0.3 is 4.79 Å². The molecule has 6 nitrogen and oxygen atoms in total. The lowest BCUT2D eigenvalue weighted by Gasteiger charge is -2.37. The van der Waals surface area contributed by atoms with Crippen LogP contribution in [0.4, 0.5) is 26.3 Å². The molecule has 0 aliphatic carbocycles. The summed E-state index contributed by atoms with van der Waals surface area (Å²) in [5.41, 5.74) is -15.7. The van der Waals surface area contributed by atoms with Crippen molar-refractivity contribution < 1.29 is 48.0 Å². The van der Waals surface area contributed by atoms with Gasteiger partial charge in [0.2, 0.25) is 0 Å². The van der Waals surface area contributed by atoms with Crippen LogP contribution in [0.15, 0.2) is 0 Å². The number of hydrogen-bond acceptors (Lipinski definition) is 5. The van der Waals surface area contributed by atoms with E-state index < -0.39 is 59.4 Å². The molecule has 14 heteroatoms. The van der Waals surface area contributed by atoms with Crippen LogP contribution in [0.1, 0.15) is 33.1 Å². The number of rotatable bonds is 7. The lowest BCUT2D eigenvalue weighted by atomic mass is 9.94. The molecule has 0 spiro atoms. The molecule has 0 aromatic rings. The van der Waals surface area contributed by atoms with Crippen LogP contribution in [0, 0.1) is 0 Å². The molecular weight excluding hydrogens is 380 g/mol. The minimum atomic E-state index is -6.99. The van der Waals surface area contributed by atoms with Crippen LogP contribution >= 0.6 is 0 Å². The fourth-order valence-corrected chi connectivity index (χ4v) is 5.21. The zero-order valence-corrected chi connectivity index (χ0v) is 13.4. The minimum Gasteiger partial charge on any atom is -0.301 e. The standard InChI is InChI=1S/C9H13F6NO5S2/c1-3-5-7(4-2,6-17)16(22(18,19)8(10,11)12)23(20,21)9(13,14)15/h6H,3-5H2,1-2H3. The molecule has 0 aliphatic heterocycles. The summed E-state index contributed by atoms with van der Waals surface area (Å²) < 4.78 is 120. The highest BCUT2D eigenvalue weighted by Gasteiger charge is 2.67. The Bertz CT molecular complexity index is 594. The second kappa shape index (κ2) is 6.55. The van der Waals surface area contributed by atoms with Crippen molar-refractivity contribution in [2.24, 2.45) is 0 Å². The van der Waals surface area contributed by atoms with Crippen molar-refractivity contribution in [3.05, 3.63) is 0 Å². The number of carbonyl (C=O) groups excluding carboxylic acids is 1. The average molecular weight is 393 g/mol. The second-order valence-corrected chi connectivity index (χ2v) is 8.21. The fourth-order valence-electron chi connectivity index (χ4n) is 1.81. The topological polar surface area (TPSA) is 88.6 Å². The summed E-state index contributed by atoms with van der Waals surface area (Å²) in [7, 11) is -14.0. The van der Waals surface area contributed by atoms with Crippen molar-refractivity contribution in [1.82, 2.24) is 3.71 Å². The summed E-state index contributed by atoms with van der Waals surface area (Å²) in [6.07, 6.45) is -2.53. The van der Waals surface area contributed by atoms with Crippen molar-refractivity contribution >= 4 is 26.3 Å². The molecule has 0 heterocycles. The van der Waals surface area contributed by atoms with E-state index in [4.69, 9.17) is 0 Å². The Balaban J connectivity index is 6.90. The van der Waals surface area contributed by atoms with E-state index >= 15 is 0 Å². The normalized spacial score (nSPS) is 17.1. The minimum absolute atomic E-state index is 0.246. The molecule has 0 rings (SSSR count). The molecule has 0 aromatic carbocycles. The van der Waals surface area contributed by atoms with E-state index in [9.17, 15) is 48.0 Å². The molecule has 138 valence electrons. The number of alkyl halides is 6. The van der Waals surface area contributed by atoms with Crippen LogP contribution in [0.5, 0.6) is 0 Å². The SMILES string of the molecule is CCCC(C=O)(CC)N(S(=O)(=O)C(F)(F)F)S(=O)(=O)C(F)(F)F. The van der Waals surface area contributed by atoms with E-state index in [1.807, 2.05) is 0 Å². The van der Waals surface area contributed by atoms with Gasteiger partial charge in [0.1, 0.15) is 11.8 Å². The van der Waals surface area contributed by atoms with Crippen LogP contribution < -0.4 is 0 Å². The Kier molecular flexibility index (Phi) is 6.29. The molecule has 0 aromatic heterocycles. The third-order valence-electron chi connectivity index (χ3n) is 2.90. The molecule has 0 radical (unpaired) electrons. The van der Waals surface area contributed by atoms with E-state index in [1.54, 1.807) is 0 Å². The van der Waals surface area contributed by atoms with Gasteiger partial charge in [-0.3, -0.25) is 0 Å². The largest absolute Gasteiger partial charge is 0.512 e. The van der Waals surface area contributed by atoms with E-state index in [0.717, 1.165) is 6.92 Å². The van der Waals surface area contributed by atoms with Gasteiger partial charge in [0.05, 0.1) is 0 Å². The maximum atomic E-state index is 12.7. The Labute approximate surface area is 128 Å². The quantitative estimate of drug-likeness (QED) is 0.488. The molecular formula is C9H13F6NO5S2. The summed E-state index contributed by atoms with van der Waals surface area (Å²) in [6.45, 7) is 2.13. The first kappa shape index (κ1) is 22.1. The third kappa shape index (κ3) is 3.79. The zero-order valence-electron chi connectivity index (χ0n) is 11.8. The number of halogens is 6. The van der Waals surface area contributed by atoms with Crippen LogP contribution in [-0.2, 0) is 24.8 Å². The van der Waals surface area contributed by atoms with Gasteiger partial charge in [-0.25, -0.2) is 16.8 Å². The van der Waals surface area contributed by atoms with Crippen LogP contribution in [0.2, 0.25) is 0 Å². The van der Waals surface area contributed by atoms with E-state index in [1.165, 1.54) is 6.92 Å². The summed E-state index contributed by atoms with van der Waals surface area (Å²) in [5, 5.41) is 0. The van der Waals surface area contributed by atoms with Crippen molar-refractivity contribution in [2.75, 3.05) is 0 Å². The first-order valence-electron chi connectivity index (χ1n) is 5.94. The molecule has 1 atom stereocenters. The molecule has 0 bridgehead atoms. The molecule has 0 amide bonds. The van der Waals surface area contributed by atoms with Gasteiger partial charge in [0.15, 0.2) is 0 Å². The maximum Gasteiger partial charge on any atom is 0.512 e. The van der Waals surface area contributed by atoms with E-state index in [0.29, 0.717) is 0 Å². The lowest BCUT2D eigenvalue weighted by molar-refractivity contribution is -0.116. The first-order chi connectivity index (χ1) is 10.0. The van der Waals surface area contributed by atoms with E-state index in [-0.39, 0.29) is 6.42 Å². The van der Waals surface area contributed by atoms with Gasteiger partial charge in [0.25, 0.3) is 0 Å². The Morgan fingerprint density at radius 1 is 0.870 bits per heavy atom. The molecule has 23 heavy (non-hydrogen) atoms. The summed E-state index contributed by atoms with van der Waals surface area (Å²) in [5.74, 6) is 0. The van der Waals surface area contributed by atoms with Crippen LogP contribution in [-0.4, -0.2) is 43.4 Å². The number of hydrogen-bond donors (Lipinski definition) is 0. The van der Waals surface area contributed by atoms with Gasteiger partial charge >= 0.3 is 31.1 Å². The third-order valence-corrected chi connectivity index (χ3v) is 6.85. The molecule has 0 saturated carbocycles. The molecule has 0 aliphatic rings. The van der Waals surface area contributed by atoms with Gasteiger partial charge in [-0.1, -0.05) is 24.0 Å². The summed E-state index contributed by atoms with van der Waals surface area (Å²) in [4.78, 5) is 11.1. The number of sulfonamides is 2. The predicted molar refractivity (Wildman–Crippen MR) is 65.8 cm³/mol. The highest BCUT2D eigenvalue weighted by Crippen LogP contribution is 2.42. The lowest BCUT2D eigenvalue weighted by Crippen LogP contribution is -2.61.